The van der Waals surface area contributed by atoms with Crippen LogP contribution in [-0.2, 0) is 4.79 Å². The van der Waals surface area contributed by atoms with E-state index in [4.69, 9.17) is 0 Å². The molecule has 0 aliphatic carbocycles. The molecule has 1 rings (SSSR count). The number of hydrogen-bond donors (Lipinski definition) is 2. The number of rotatable bonds is 9. The number of pyridine rings is 1. The molecule has 1 amide bonds. The summed E-state index contributed by atoms with van der Waals surface area (Å²) in [6.45, 7) is 7.87. The lowest BCUT2D eigenvalue weighted by Gasteiger charge is -2.15. The molecule has 0 spiro atoms. The Morgan fingerprint density at radius 1 is 1.35 bits per heavy atom. The minimum atomic E-state index is -0.00230. The maximum Gasteiger partial charge on any atom is 0.226 e. The minimum absolute atomic E-state index is 0.00230. The van der Waals surface area contributed by atoms with E-state index in [1.807, 2.05) is 19.1 Å². The lowest BCUT2D eigenvalue weighted by Crippen LogP contribution is -2.31. The summed E-state index contributed by atoms with van der Waals surface area (Å²) in [4.78, 5) is 18.1. The second-order valence-corrected chi connectivity index (χ2v) is 5.07. The summed E-state index contributed by atoms with van der Waals surface area (Å²) in [7, 11) is 2.11. The number of amides is 1. The van der Waals surface area contributed by atoms with E-state index in [2.05, 4.69) is 34.5 Å². The molecule has 1 aromatic rings. The highest BCUT2D eigenvalue weighted by molar-refractivity contribution is 5.89. The molecule has 1 heterocycles. The summed E-state index contributed by atoms with van der Waals surface area (Å²) < 4.78 is 0. The van der Waals surface area contributed by atoms with Gasteiger partial charge in [0, 0.05) is 32.3 Å². The summed E-state index contributed by atoms with van der Waals surface area (Å²) in [6, 6.07) is 3.77. The molecule has 0 saturated heterocycles. The van der Waals surface area contributed by atoms with Gasteiger partial charge in [-0.3, -0.25) is 4.79 Å². The topological polar surface area (TPSA) is 57.3 Å². The number of carbonyl (C=O) groups is 1. The maximum atomic E-state index is 11.7. The van der Waals surface area contributed by atoms with Crippen LogP contribution < -0.4 is 10.6 Å². The molecule has 112 valence electrons. The number of aromatic nitrogens is 1. The average molecular weight is 278 g/mol. The minimum Gasteiger partial charge on any atom is -0.315 e. The van der Waals surface area contributed by atoms with Gasteiger partial charge in [0.1, 0.15) is 5.82 Å². The van der Waals surface area contributed by atoms with Crippen molar-refractivity contribution >= 4 is 11.7 Å². The van der Waals surface area contributed by atoms with Crippen LogP contribution in [0.15, 0.2) is 18.3 Å². The summed E-state index contributed by atoms with van der Waals surface area (Å²) >= 11 is 0. The van der Waals surface area contributed by atoms with Crippen LogP contribution in [0.5, 0.6) is 0 Å². The number of carbonyl (C=O) groups excluding carboxylic acids is 1. The van der Waals surface area contributed by atoms with Crippen LogP contribution >= 0.6 is 0 Å². The van der Waals surface area contributed by atoms with Crippen molar-refractivity contribution in [3.8, 4) is 0 Å². The molecular formula is C15H26N4O. The van der Waals surface area contributed by atoms with Crippen molar-refractivity contribution in [3.05, 3.63) is 23.9 Å². The molecule has 0 atom stereocenters. The van der Waals surface area contributed by atoms with E-state index < -0.39 is 0 Å². The molecule has 0 bridgehead atoms. The monoisotopic (exact) mass is 278 g/mol. The zero-order valence-electron chi connectivity index (χ0n) is 12.8. The number of nitrogens with one attached hydrogen (secondary N) is 2. The lowest BCUT2D eigenvalue weighted by molar-refractivity contribution is -0.116. The van der Waals surface area contributed by atoms with Crippen molar-refractivity contribution in [2.75, 3.05) is 38.5 Å². The predicted molar refractivity (Wildman–Crippen MR) is 82.9 cm³/mol. The summed E-state index contributed by atoms with van der Waals surface area (Å²) in [5, 5.41) is 6.08. The Labute approximate surface area is 121 Å². The van der Waals surface area contributed by atoms with Crippen molar-refractivity contribution < 1.29 is 4.79 Å². The van der Waals surface area contributed by atoms with Gasteiger partial charge in [-0.05, 0) is 44.6 Å². The molecule has 0 radical (unpaired) electrons. The third-order valence-corrected chi connectivity index (χ3v) is 2.99. The van der Waals surface area contributed by atoms with Crippen LogP contribution in [0, 0.1) is 6.92 Å². The van der Waals surface area contributed by atoms with Crippen LogP contribution in [0.25, 0.3) is 0 Å². The Morgan fingerprint density at radius 2 is 2.15 bits per heavy atom. The van der Waals surface area contributed by atoms with Gasteiger partial charge in [0.25, 0.3) is 0 Å². The van der Waals surface area contributed by atoms with Gasteiger partial charge in [-0.25, -0.2) is 4.98 Å². The molecule has 5 heteroatoms. The number of anilines is 1. The molecule has 0 aromatic carbocycles. The van der Waals surface area contributed by atoms with Crippen LogP contribution in [0.4, 0.5) is 5.82 Å². The molecular weight excluding hydrogens is 252 g/mol. The Balaban J connectivity index is 2.11. The van der Waals surface area contributed by atoms with Crippen molar-refractivity contribution in [2.24, 2.45) is 0 Å². The highest BCUT2D eigenvalue weighted by atomic mass is 16.1. The number of hydrogen-bond acceptors (Lipinski definition) is 4. The molecule has 0 fully saturated rings. The van der Waals surface area contributed by atoms with E-state index in [1.165, 1.54) is 6.42 Å². The van der Waals surface area contributed by atoms with Crippen molar-refractivity contribution in [3.63, 3.8) is 0 Å². The molecule has 2 N–H and O–H groups in total. The number of likely N-dealkylation sites (N-methyl/N-ethyl adjacent to an activating group) is 1. The molecule has 1 aromatic heterocycles. The first-order valence-corrected chi connectivity index (χ1v) is 7.23. The van der Waals surface area contributed by atoms with Crippen molar-refractivity contribution in [1.29, 1.82) is 0 Å². The fourth-order valence-electron chi connectivity index (χ4n) is 1.90. The van der Waals surface area contributed by atoms with Gasteiger partial charge in [-0.2, -0.15) is 0 Å². The lowest BCUT2D eigenvalue weighted by atomic mass is 10.3. The molecule has 0 saturated carbocycles. The SMILES string of the molecule is CCCN(C)CCNCCC(=O)Nc1cc(C)ccn1. The largest absolute Gasteiger partial charge is 0.315 e. The van der Waals surface area contributed by atoms with Crippen LogP contribution in [-0.4, -0.2) is 49.0 Å². The standard InChI is InChI=1S/C15H26N4O/c1-4-10-19(3)11-9-16-7-6-15(20)18-14-12-13(2)5-8-17-14/h5,8,12,16H,4,6-7,9-11H2,1-3H3,(H,17,18,20). The van der Waals surface area contributed by atoms with E-state index in [0.717, 1.165) is 25.2 Å². The fraction of sp³-hybridized carbons (Fsp3) is 0.600. The zero-order valence-corrected chi connectivity index (χ0v) is 12.8. The van der Waals surface area contributed by atoms with Gasteiger partial charge in [-0.15, -0.1) is 0 Å². The Hall–Kier alpha value is -1.46. The normalized spacial score (nSPS) is 10.8. The third-order valence-electron chi connectivity index (χ3n) is 2.99. The first-order chi connectivity index (χ1) is 9.61. The summed E-state index contributed by atoms with van der Waals surface area (Å²) in [5.41, 5.74) is 1.09. The molecule has 0 unspecified atom stereocenters. The maximum absolute atomic E-state index is 11.7. The molecule has 0 aliphatic heterocycles. The average Bonchev–Trinajstić information content (AvgIpc) is 2.38. The van der Waals surface area contributed by atoms with Crippen LogP contribution in [0.1, 0.15) is 25.3 Å². The van der Waals surface area contributed by atoms with E-state index in [-0.39, 0.29) is 5.91 Å². The summed E-state index contributed by atoms with van der Waals surface area (Å²) in [6.07, 6.45) is 3.34. The highest BCUT2D eigenvalue weighted by Gasteiger charge is 2.03. The molecule has 5 nitrogen and oxygen atoms in total. The smallest absolute Gasteiger partial charge is 0.226 e. The van der Waals surface area contributed by atoms with Crippen LogP contribution in [0.2, 0.25) is 0 Å². The van der Waals surface area contributed by atoms with E-state index in [1.54, 1.807) is 6.20 Å². The van der Waals surface area contributed by atoms with E-state index >= 15 is 0 Å². The second-order valence-electron chi connectivity index (χ2n) is 5.07. The molecule has 0 aliphatic rings. The van der Waals surface area contributed by atoms with Gasteiger partial charge >= 0.3 is 0 Å². The fourth-order valence-corrected chi connectivity index (χ4v) is 1.90. The van der Waals surface area contributed by atoms with Crippen molar-refractivity contribution in [1.82, 2.24) is 15.2 Å². The quantitative estimate of drug-likeness (QED) is 0.674. The summed E-state index contributed by atoms with van der Waals surface area (Å²) in [5.74, 6) is 0.621. The van der Waals surface area contributed by atoms with Crippen LogP contribution in [0.3, 0.4) is 0 Å². The number of aryl methyl sites for hydroxylation is 1. The van der Waals surface area contributed by atoms with E-state index in [0.29, 0.717) is 18.8 Å². The Bertz CT molecular complexity index is 409. The highest BCUT2D eigenvalue weighted by Crippen LogP contribution is 2.05. The van der Waals surface area contributed by atoms with E-state index in [9.17, 15) is 4.79 Å². The molecule has 20 heavy (non-hydrogen) atoms. The second kappa shape index (κ2) is 9.44. The number of nitrogens with zero attached hydrogens (tertiary/aromatic N) is 2. The van der Waals surface area contributed by atoms with Gasteiger partial charge in [0.2, 0.25) is 5.91 Å². The first-order valence-electron chi connectivity index (χ1n) is 7.23. The van der Waals surface area contributed by atoms with Gasteiger partial charge in [-0.1, -0.05) is 6.92 Å². The third kappa shape index (κ3) is 7.21. The van der Waals surface area contributed by atoms with Gasteiger partial charge in [0.05, 0.1) is 0 Å². The predicted octanol–water partition coefficient (Wildman–Crippen LogP) is 1.65. The zero-order chi connectivity index (χ0) is 14.8. The Kier molecular flexibility index (Phi) is 7.84. The van der Waals surface area contributed by atoms with Gasteiger partial charge < -0.3 is 15.5 Å². The Morgan fingerprint density at radius 3 is 2.85 bits per heavy atom. The first kappa shape index (κ1) is 16.6. The van der Waals surface area contributed by atoms with Crippen molar-refractivity contribution in [2.45, 2.75) is 26.7 Å². The van der Waals surface area contributed by atoms with Gasteiger partial charge in [0.15, 0.2) is 0 Å².